The molecule has 0 aliphatic heterocycles. The van der Waals surface area contributed by atoms with Gasteiger partial charge in [-0.2, -0.15) is 0 Å². The van der Waals surface area contributed by atoms with E-state index >= 15 is 0 Å². The summed E-state index contributed by atoms with van der Waals surface area (Å²) in [5.74, 6) is 0.533. The van der Waals surface area contributed by atoms with Gasteiger partial charge in [0.1, 0.15) is 11.4 Å². The molecule has 0 saturated carbocycles. The lowest BCUT2D eigenvalue weighted by molar-refractivity contribution is 0.0958. The van der Waals surface area contributed by atoms with E-state index in [1.165, 1.54) is 0 Å². The van der Waals surface area contributed by atoms with Crippen LogP contribution in [0.1, 0.15) is 10.5 Å². The molecule has 92 valence electrons. The van der Waals surface area contributed by atoms with Crippen molar-refractivity contribution in [3.63, 3.8) is 0 Å². The maximum absolute atomic E-state index is 11.5. The SMILES string of the molecule is CNC(=O)c1cccc(-c2ccccc2OC)n1. The summed E-state index contributed by atoms with van der Waals surface area (Å²) in [5.41, 5.74) is 1.97. The predicted molar refractivity (Wildman–Crippen MR) is 69.6 cm³/mol. The molecule has 0 aliphatic carbocycles. The number of para-hydroxylation sites is 1. The monoisotopic (exact) mass is 242 g/mol. The van der Waals surface area contributed by atoms with Crippen LogP contribution in [0.15, 0.2) is 42.5 Å². The summed E-state index contributed by atoms with van der Waals surface area (Å²) in [6, 6.07) is 12.9. The largest absolute Gasteiger partial charge is 0.496 e. The minimum Gasteiger partial charge on any atom is -0.496 e. The van der Waals surface area contributed by atoms with E-state index in [-0.39, 0.29) is 5.91 Å². The Labute approximate surface area is 106 Å². The van der Waals surface area contributed by atoms with E-state index in [4.69, 9.17) is 4.74 Å². The van der Waals surface area contributed by atoms with Crippen LogP contribution in [0, 0.1) is 0 Å². The Morgan fingerprint density at radius 1 is 1.17 bits per heavy atom. The standard InChI is InChI=1S/C14H14N2O2/c1-15-14(17)12-8-5-7-11(16-12)10-6-3-4-9-13(10)18-2/h3-9H,1-2H3,(H,15,17). The molecule has 1 amide bonds. The Morgan fingerprint density at radius 3 is 2.67 bits per heavy atom. The van der Waals surface area contributed by atoms with Crippen LogP contribution in [0.25, 0.3) is 11.3 Å². The fourth-order valence-electron chi connectivity index (χ4n) is 1.70. The van der Waals surface area contributed by atoms with Crippen molar-refractivity contribution in [3.8, 4) is 17.0 Å². The molecule has 4 nitrogen and oxygen atoms in total. The first-order valence-electron chi connectivity index (χ1n) is 5.59. The second-order valence-electron chi connectivity index (χ2n) is 3.69. The van der Waals surface area contributed by atoms with E-state index in [0.717, 1.165) is 11.3 Å². The number of benzene rings is 1. The molecule has 1 aromatic heterocycles. The number of rotatable bonds is 3. The number of ether oxygens (including phenoxy) is 1. The van der Waals surface area contributed by atoms with Gasteiger partial charge in [-0.25, -0.2) is 4.98 Å². The first kappa shape index (κ1) is 12.1. The van der Waals surface area contributed by atoms with Gasteiger partial charge in [0.25, 0.3) is 5.91 Å². The number of nitrogens with zero attached hydrogens (tertiary/aromatic N) is 1. The molecule has 4 heteroatoms. The van der Waals surface area contributed by atoms with Gasteiger partial charge >= 0.3 is 0 Å². The summed E-state index contributed by atoms with van der Waals surface area (Å²) in [4.78, 5) is 15.9. The lowest BCUT2D eigenvalue weighted by atomic mass is 10.1. The fraction of sp³-hybridized carbons (Fsp3) is 0.143. The van der Waals surface area contributed by atoms with Crippen molar-refractivity contribution >= 4 is 5.91 Å². The van der Waals surface area contributed by atoms with Gasteiger partial charge in [0, 0.05) is 12.6 Å². The molecule has 0 bridgehead atoms. The number of carbonyl (C=O) groups excluding carboxylic acids is 1. The molecule has 0 saturated heterocycles. The van der Waals surface area contributed by atoms with Crippen LogP contribution in [-0.4, -0.2) is 25.0 Å². The van der Waals surface area contributed by atoms with E-state index in [2.05, 4.69) is 10.3 Å². The van der Waals surface area contributed by atoms with Crippen LogP contribution in [-0.2, 0) is 0 Å². The summed E-state index contributed by atoms with van der Waals surface area (Å²) in [6.07, 6.45) is 0. The minimum absolute atomic E-state index is 0.202. The molecule has 2 aromatic rings. The van der Waals surface area contributed by atoms with Gasteiger partial charge in [-0.05, 0) is 24.3 Å². The molecule has 0 aliphatic rings. The molecular weight excluding hydrogens is 228 g/mol. The summed E-state index contributed by atoms with van der Waals surface area (Å²) in [5, 5.41) is 2.56. The van der Waals surface area contributed by atoms with Crippen LogP contribution >= 0.6 is 0 Å². The Balaban J connectivity index is 2.48. The van der Waals surface area contributed by atoms with E-state index < -0.39 is 0 Å². The van der Waals surface area contributed by atoms with Crippen molar-refractivity contribution in [3.05, 3.63) is 48.2 Å². The Kier molecular flexibility index (Phi) is 3.57. The quantitative estimate of drug-likeness (QED) is 0.896. The van der Waals surface area contributed by atoms with Gasteiger partial charge in [0.15, 0.2) is 0 Å². The van der Waals surface area contributed by atoms with Crippen molar-refractivity contribution in [1.29, 1.82) is 0 Å². The molecule has 2 rings (SSSR count). The van der Waals surface area contributed by atoms with Gasteiger partial charge in [-0.1, -0.05) is 18.2 Å². The summed E-state index contributed by atoms with van der Waals surface area (Å²) >= 11 is 0. The van der Waals surface area contributed by atoms with Crippen molar-refractivity contribution in [2.24, 2.45) is 0 Å². The first-order chi connectivity index (χ1) is 8.76. The highest BCUT2D eigenvalue weighted by atomic mass is 16.5. The highest BCUT2D eigenvalue weighted by Crippen LogP contribution is 2.27. The number of hydrogen-bond donors (Lipinski definition) is 1. The second kappa shape index (κ2) is 5.31. The zero-order valence-corrected chi connectivity index (χ0v) is 10.3. The molecule has 1 heterocycles. The third-order valence-electron chi connectivity index (χ3n) is 2.59. The van der Waals surface area contributed by atoms with Crippen molar-refractivity contribution in [1.82, 2.24) is 10.3 Å². The average molecular weight is 242 g/mol. The molecule has 0 spiro atoms. The molecule has 1 N–H and O–H groups in total. The molecule has 0 unspecified atom stereocenters. The Hall–Kier alpha value is -2.36. The van der Waals surface area contributed by atoms with Gasteiger partial charge < -0.3 is 10.1 Å². The van der Waals surface area contributed by atoms with Crippen LogP contribution in [0.5, 0.6) is 5.75 Å². The predicted octanol–water partition coefficient (Wildman–Crippen LogP) is 2.12. The summed E-state index contributed by atoms with van der Waals surface area (Å²) in [6.45, 7) is 0. The first-order valence-corrected chi connectivity index (χ1v) is 5.59. The molecule has 1 aromatic carbocycles. The molecule has 0 fully saturated rings. The van der Waals surface area contributed by atoms with E-state index in [9.17, 15) is 4.79 Å². The summed E-state index contributed by atoms with van der Waals surface area (Å²) < 4.78 is 5.29. The minimum atomic E-state index is -0.202. The maximum Gasteiger partial charge on any atom is 0.269 e. The van der Waals surface area contributed by atoms with Crippen LogP contribution in [0.2, 0.25) is 0 Å². The molecular formula is C14H14N2O2. The highest BCUT2D eigenvalue weighted by Gasteiger charge is 2.09. The lowest BCUT2D eigenvalue weighted by Gasteiger charge is -2.08. The third kappa shape index (κ3) is 2.32. The van der Waals surface area contributed by atoms with Gasteiger partial charge in [0.2, 0.25) is 0 Å². The number of methoxy groups -OCH3 is 1. The number of aromatic nitrogens is 1. The number of carbonyl (C=O) groups is 1. The van der Waals surface area contributed by atoms with Crippen LogP contribution in [0.4, 0.5) is 0 Å². The summed E-state index contributed by atoms with van der Waals surface area (Å²) in [7, 11) is 3.20. The smallest absolute Gasteiger partial charge is 0.269 e. The topological polar surface area (TPSA) is 51.2 Å². The molecule has 0 radical (unpaired) electrons. The zero-order valence-electron chi connectivity index (χ0n) is 10.3. The van der Waals surface area contributed by atoms with Gasteiger partial charge in [0.05, 0.1) is 12.8 Å². The average Bonchev–Trinajstić information content (AvgIpc) is 2.46. The molecule has 18 heavy (non-hydrogen) atoms. The number of nitrogens with one attached hydrogen (secondary N) is 1. The van der Waals surface area contributed by atoms with Gasteiger partial charge in [-0.3, -0.25) is 4.79 Å². The van der Waals surface area contributed by atoms with Crippen LogP contribution < -0.4 is 10.1 Å². The third-order valence-corrected chi connectivity index (χ3v) is 2.59. The van der Waals surface area contributed by atoms with E-state index in [1.54, 1.807) is 26.3 Å². The maximum atomic E-state index is 11.5. The fourth-order valence-corrected chi connectivity index (χ4v) is 1.70. The lowest BCUT2D eigenvalue weighted by Crippen LogP contribution is -2.19. The number of hydrogen-bond acceptors (Lipinski definition) is 3. The second-order valence-corrected chi connectivity index (χ2v) is 3.69. The van der Waals surface area contributed by atoms with Crippen molar-refractivity contribution < 1.29 is 9.53 Å². The van der Waals surface area contributed by atoms with E-state index in [1.807, 2.05) is 30.3 Å². The normalized spacial score (nSPS) is 9.89. The number of amides is 1. The van der Waals surface area contributed by atoms with Crippen molar-refractivity contribution in [2.75, 3.05) is 14.2 Å². The highest BCUT2D eigenvalue weighted by molar-refractivity contribution is 5.92. The zero-order chi connectivity index (χ0) is 13.0. The van der Waals surface area contributed by atoms with Gasteiger partial charge in [-0.15, -0.1) is 0 Å². The Morgan fingerprint density at radius 2 is 1.94 bits per heavy atom. The molecule has 0 atom stereocenters. The van der Waals surface area contributed by atoms with Crippen molar-refractivity contribution in [2.45, 2.75) is 0 Å². The Bertz CT molecular complexity index is 567. The van der Waals surface area contributed by atoms with E-state index in [0.29, 0.717) is 11.4 Å². The van der Waals surface area contributed by atoms with Crippen LogP contribution in [0.3, 0.4) is 0 Å². The number of pyridine rings is 1.